The SMILES string of the molecule is COc1ccc([C@H](CC(=O)Nc2nnc(C3CCCCC3)s2)NC(C)=O)cc1. The summed E-state index contributed by atoms with van der Waals surface area (Å²) in [5.74, 6) is 0.784. The largest absolute Gasteiger partial charge is 0.497 e. The van der Waals surface area contributed by atoms with Crippen LogP contribution in [-0.4, -0.2) is 29.1 Å². The summed E-state index contributed by atoms with van der Waals surface area (Å²) in [4.78, 5) is 24.1. The number of methoxy groups -OCH3 is 1. The Kier molecular flexibility index (Phi) is 6.97. The van der Waals surface area contributed by atoms with Gasteiger partial charge in [0.25, 0.3) is 0 Å². The molecule has 1 saturated carbocycles. The standard InChI is InChI=1S/C20H26N4O3S/c1-13(25)21-17(14-8-10-16(27-2)11-9-14)12-18(26)22-20-24-23-19(28-20)15-6-4-3-5-7-15/h8-11,15,17H,3-7,12H2,1-2H3,(H,21,25)(H,22,24,26)/t17-/m0/s1. The summed E-state index contributed by atoms with van der Waals surface area (Å²) in [6, 6.07) is 6.89. The lowest BCUT2D eigenvalue weighted by Gasteiger charge is -2.18. The Morgan fingerprint density at radius 3 is 2.54 bits per heavy atom. The topological polar surface area (TPSA) is 93.2 Å². The molecule has 1 fully saturated rings. The van der Waals surface area contributed by atoms with Crippen molar-refractivity contribution in [1.29, 1.82) is 0 Å². The van der Waals surface area contributed by atoms with Gasteiger partial charge in [-0.1, -0.05) is 42.7 Å². The second-order valence-corrected chi connectivity index (χ2v) is 8.07. The Balaban J connectivity index is 1.63. The summed E-state index contributed by atoms with van der Waals surface area (Å²) >= 11 is 1.45. The van der Waals surface area contributed by atoms with E-state index in [0.29, 0.717) is 11.0 Å². The number of rotatable bonds is 7. The fourth-order valence-electron chi connectivity index (χ4n) is 3.49. The molecule has 0 saturated heterocycles. The Bertz CT molecular complexity index is 800. The molecule has 0 radical (unpaired) electrons. The van der Waals surface area contributed by atoms with E-state index in [1.165, 1.54) is 37.5 Å². The van der Waals surface area contributed by atoms with Crippen LogP contribution in [0.1, 0.15) is 68.0 Å². The van der Waals surface area contributed by atoms with Crippen LogP contribution in [0.4, 0.5) is 5.13 Å². The van der Waals surface area contributed by atoms with Crippen molar-refractivity contribution in [3.05, 3.63) is 34.8 Å². The van der Waals surface area contributed by atoms with Crippen LogP contribution in [0.2, 0.25) is 0 Å². The van der Waals surface area contributed by atoms with Crippen LogP contribution in [-0.2, 0) is 9.59 Å². The molecule has 28 heavy (non-hydrogen) atoms. The van der Waals surface area contributed by atoms with E-state index in [4.69, 9.17) is 4.74 Å². The third-order valence-corrected chi connectivity index (χ3v) is 5.93. The Labute approximate surface area is 168 Å². The zero-order valence-electron chi connectivity index (χ0n) is 16.2. The quantitative estimate of drug-likeness (QED) is 0.735. The number of carbonyl (C=O) groups excluding carboxylic acids is 2. The Morgan fingerprint density at radius 1 is 1.18 bits per heavy atom. The number of benzene rings is 1. The van der Waals surface area contributed by atoms with Crippen LogP contribution in [0.5, 0.6) is 5.75 Å². The molecule has 2 N–H and O–H groups in total. The average molecular weight is 403 g/mol. The molecule has 0 aliphatic heterocycles. The number of hydrogen-bond donors (Lipinski definition) is 2. The monoisotopic (exact) mass is 402 g/mol. The van der Waals surface area contributed by atoms with Crippen molar-refractivity contribution in [1.82, 2.24) is 15.5 Å². The molecule has 1 heterocycles. The van der Waals surface area contributed by atoms with E-state index in [1.54, 1.807) is 7.11 Å². The normalized spacial score (nSPS) is 15.6. The van der Waals surface area contributed by atoms with Crippen LogP contribution in [0.25, 0.3) is 0 Å². The number of anilines is 1. The zero-order chi connectivity index (χ0) is 19.9. The van der Waals surface area contributed by atoms with Gasteiger partial charge in [0, 0.05) is 12.8 Å². The van der Waals surface area contributed by atoms with Gasteiger partial charge in [0.05, 0.1) is 19.6 Å². The summed E-state index contributed by atoms with van der Waals surface area (Å²) in [6.45, 7) is 1.44. The highest BCUT2D eigenvalue weighted by molar-refractivity contribution is 7.15. The fraction of sp³-hybridized carbons (Fsp3) is 0.500. The number of ether oxygens (including phenoxy) is 1. The van der Waals surface area contributed by atoms with E-state index in [0.717, 1.165) is 29.2 Å². The van der Waals surface area contributed by atoms with Crippen LogP contribution >= 0.6 is 11.3 Å². The molecule has 1 aromatic heterocycles. The van der Waals surface area contributed by atoms with E-state index in [1.807, 2.05) is 24.3 Å². The van der Waals surface area contributed by atoms with Gasteiger partial charge in [-0.3, -0.25) is 9.59 Å². The summed E-state index contributed by atoms with van der Waals surface area (Å²) in [7, 11) is 1.59. The molecule has 1 aromatic carbocycles. The minimum atomic E-state index is -0.422. The van der Waals surface area contributed by atoms with E-state index in [2.05, 4.69) is 20.8 Å². The second-order valence-electron chi connectivity index (χ2n) is 7.06. The van der Waals surface area contributed by atoms with E-state index >= 15 is 0 Å². The van der Waals surface area contributed by atoms with Crippen LogP contribution in [0.15, 0.2) is 24.3 Å². The van der Waals surface area contributed by atoms with Crippen LogP contribution < -0.4 is 15.4 Å². The van der Waals surface area contributed by atoms with Crippen molar-refractivity contribution < 1.29 is 14.3 Å². The lowest BCUT2D eigenvalue weighted by molar-refractivity contribution is -0.120. The minimum Gasteiger partial charge on any atom is -0.497 e. The van der Waals surface area contributed by atoms with Crippen LogP contribution in [0.3, 0.4) is 0 Å². The van der Waals surface area contributed by atoms with Gasteiger partial charge < -0.3 is 15.4 Å². The highest BCUT2D eigenvalue weighted by Gasteiger charge is 2.22. The molecule has 8 heteroatoms. The molecule has 0 unspecified atom stereocenters. The van der Waals surface area contributed by atoms with Crippen molar-refractivity contribution in [2.24, 2.45) is 0 Å². The molecule has 1 atom stereocenters. The van der Waals surface area contributed by atoms with Gasteiger partial charge in [-0.2, -0.15) is 0 Å². The number of amides is 2. The molecule has 2 aromatic rings. The summed E-state index contributed by atoms with van der Waals surface area (Å²) in [5, 5.41) is 15.6. The molecular weight excluding hydrogens is 376 g/mol. The van der Waals surface area contributed by atoms with Gasteiger partial charge in [-0.15, -0.1) is 10.2 Å². The van der Waals surface area contributed by atoms with Crippen LogP contribution in [0, 0.1) is 0 Å². The second kappa shape index (κ2) is 9.64. The van der Waals surface area contributed by atoms with Crippen molar-refractivity contribution in [2.45, 2.75) is 57.4 Å². The molecule has 150 valence electrons. The highest BCUT2D eigenvalue weighted by Crippen LogP contribution is 2.35. The van der Waals surface area contributed by atoms with Crippen molar-refractivity contribution in [3.63, 3.8) is 0 Å². The number of nitrogens with zero attached hydrogens (tertiary/aromatic N) is 2. The maximum atomic E-state index is 12.5. The van der Waals surface area contributed by atoms with Gasteiger partial charge in [-0.05, 0) is 30.5 Å². The van der Waals surface area contributed by atoms with Crippen molar-refractivity contribution in [2.75, 3.05) is 12.4 Å². The number of hydrogen-bond acceptors (Lipinski definition) is 6. The summed E-state index contributed by atoms with van der Waals surface area (Å²) < 4.78 is 5.16. The van der Waals surface area contributed by atoms with Crippen molar-refractivity contribution in [3.8, 4) is 5.75 Å². The number of aromatic nitrogens is 2. The average Bonchev–Trinajstić information content (AvgIpc) is 3.16. The zero-order valence-corrected chi connectivity index (χ0v) is 17.1. The van der Waals surface area contributed by atoms with Gasteiger partial charge >= 0.3 is 0 Å². The number of nitrogens with one attached hydrogen (secondary N) is 2. The predicted molar refractivity (Wildman–Crippen MR) is 109 cm³/mol. The maximum absolute atomic E-state index is 12.5. The van der Waals surface area contributed by atoms with E-state index < -0.39 is 6.04 Å². The molecule has 1 aliphatic carbocycles. The number of carbonyl (C=O) groups is 2. The molecule has 7 nitrogen and oxygen atoms in total. The van der Waals surface area contributed by atoms with E-state index in [9.17, 15) is 9.59 Å². The first-order valence-corrected chi connectivity index (χ1v) is 10.4. The van der Waals surface area contributed by atoms with Gasteiger partial charge in [0.15, 0.2) is 0 Å². The van der Waals surface area contributed by atoms with Gasteiger partial charge in [0.2, 0.25) is 16.9 Å². The molecule has 3 rings (SSSR count). The first kappa shape index (κ1) is 20.3. The minimum absolute atomic E-state index is 0.115. The maximum Gasteiger partial charge on any atom is 0.228 e. The lowest BCUT2D eigenvalue weighted by atomic mass is 9.90. The molecule has 0 bridgehead atoms. The summed E-state index contributed by atoms with van der Waals surface area (Å²) in [6.07, 6.45) is 6.15. The first-order valence-electron chi connectivity index (χ1n) is 9.59. The predicted octanol–water partition coefficient (Wildman–Crippen LogP) is 3.80. The van der Waals surface area contributed by atoms with Gasteiger partial charge in [-0.25, -0.2) is 0 Å². The van der Waals surface area contributed by atoms with Crippen molar-refractivity contribution >= 4 is 28.3 Å². The smallest absolute Gasteiger partial charge is 0.228 e. The van der Waals surface area contributed by atoms with E-state index in [-0.39, 0.29) is 18.2 Å². The molecular formula is C20H26N4O3S. The Hall–Kier alpha value is -2.48. The lowest BCUT2D eigenvalue weighted by Crippen LogP contribution is -2.29. The molecule has 0 spiro atoms. The third-order valence-electron chi connectivity index (χ3n) is 4.93. The first-order chi connectivity index (χ1) is 13.5. The molecule has 1 aliphatic rings. The summed E-state index contributed by atoms with van der Waals surface area (Å²) in [5.41, 5.74) is 0.839. The molecule has 2 amide bonds. The fourth-order valence-corrected chi connectivity index (χ4v) is 4.42. The third kappa shape index (κ3) is 5.51. The highest BCUT2D eigenvalue weighted by atomic mass is 32.1. The van der Waals surface area contributed by atoms with Gasteiger partial charge in [0.1, 0.15) is 10.8 Å². The Morgan fingerprint density at radius 2 is 1.89 bits per heavy atom.